The molecule has 0 saturated heterocycles. The zero-order chi connectivity index (χ0) is 11.5. The van der Waals surface area contributed by atoms with Crippen LogP contribution in [0.2, 0.25) is 0 Å². The van der Waals surface area contributed by atoms with Crippen LogP contribution in [0.4, 0.5) is 0 Å². The Kier molecular flexibility index (Phi) is 4.57. The Morgan fingerprint density at radius 1 is 1.38 bits per heavy atom. The number of hydrogen-bond acceptors (Lipinski definition) is 4. The summed E-state index contributed by atoms with van der Waals surface area (Å²) in [6.07, 6.45) is 0.904. The molecule has 1 unspecified atom stereocenters. The molecule has 2 nitrogen and oxygen atoms in total. The average Bonchev–Trinajstić information content (AvgIpc) is 2.85. The molecule has 0 amide bonds. The molecule has 1 atom stereocenters. The highest BCUT2D eigenvalue weighted by atomic mass is 79.9. The van der Waals surface area contributed by atoms with E-state index in [4.69, 9.17) is 5.84 Å². The Morgan fingerprint density at radius 3 is 2.69 bits per heavy atom. The second-order valence-corrected chi connectivity index (χ2v) is 7.00. The Bertz CT molecular complexity index is 467. The van der Waals surface area contributed by atoms with Crippen molar-refractivity contribution < 1.29 is 0 Å². The topological polar surface area (TPSA) is 38.0 Å². The van der Waals surface area contributed by atoms with Gasteiger partial charge in [-0.3, -0.25) is 11.3 Å². The van der Waals surface area contributed by atoms with E-state index in [2.05, 4.69) is 60.2 Å². The van der Waals surface area contributed by atoms with Gasteiger partial charge in [-0.05, 0) is 49.4 Å². The Hall–Kier alpha value is 0.280. The van der Waals surface area contributed by atoms with E-state index < -0.39 is 0 Å². The van der Waals surface area contributed by atoms with Crippen molar-refractivity contribution >= 4 is 54.5 Å². The maximum Gasteiger partial charge on any atom is 0.0602 e. The molecule has 0 aliphatic heterocycles. The van der Waals surface area contributed by atoms with Crippen molar-refractivity contribution in [1.82, 2.24) is 5.43 Å². The lowest BCUT2D eigenvalue weighted by Gasteiger charge is -2.13. The lowest BCUT2D eigenvalue weighted by atomic mass is 10.1. The number of halogens is 2. The van der Waals surface area contributed by atoms with Crippen LogP contribution in [0, 0.1) is 0 Å². The molecule has 0 aliphatic rings. The third-order valence-corrected chi connectivity index (χ3v) is 5.97. The van der Waals surface area contributed by atoms with Gasteiger partial charge in [-0.15, -0.1) is 22.7 Å². The molecule has 0 fully saturated rings. The summed E-state index contributed by atoms with van der Waals surface area (Å²) >= 11 is 10.4. The van der Waals surface area contributed by atoms with Gasteiger partial charge >= 0.3 is 0 Å². The third-order valence-electron chi connectivity index (χ3n) is 2.21. The summed E-state index contributed by atoms with van der Waals surface area (Å²) in [5, 5.41) is 4.15. The van der Waals surface area contributed by atoms with Gasteiger partial charge in [0.1, 0.15) is 0 Å². The van der Waals surface area contributed by atoms with Crippen molar-refractivity contribution in [2.75, 3.05) is 0 Å². The Balaban J connectivity index is 2.15. The molecule has 2 rings (SSSR count). The summed E-state index contributed by atoms with van der Waals surface area (Å²) in [5.41, 5.74) is 2.87. The van der Waals surface area contributed by atoms with Gasteiger partial charge in [0.2, 0.25) is 0 Å². The number of thiophene rings is 2. The van der Waals surface area contributed by atoms with Crippen LogP contribution in [-0.4, -0.2) is 0 Å². The van der Waals surface area contributed by atoms with Crippen LogP contribution in [0.1, 0.15) is 15.8 Å². The first-order chi connectivity index (χ1) is 7.70. The number of rotatable bonds is 4. The summed E-state index contributed by atoms with van der Waals surface area (Å²) in [7, 11) is 0. The molecule has 2 heterocycles. The predicted molar refractivity (Wildman–Crippen MR) is 77.8 cm³/mol. The van der Waals surface area contributed by atoms with E-state index in [0.717, 1.165) is 15.4 Å². The molecule has 16 heavy (non-hydrogen) atoms. The van der Waals surface area contributed by atoms with E-state index in [0.29, 0.717) is 0 Å². The summed E-state index contributed by atoms with van der Waals surface area (Å²) in [4.78, 5) is 2.56. The fourth-order valence-electron chi connectivity index (χ4n) is 1.41. The van der Waals surface area contributed by atoms with E-state index >= 15 is 0 Å². The molecule has 86 valence electrons. The van der Waals surface area contributed by atoms with Gasteiger partial charge in [0.05, 0.1) is 6.04 Å². The van der Waals surface area contributed by atoms with Gasteiger partial charge in [0.25, 0.3) is 0 Å². The van der Waals surface area contributed by atoms with Crippen LogP contribution in [0.5, 0.6) is 0 Å². The maximum atomic E-state index is 5.61. The predicted octanol–water partition coefficient (Wildman–Crippen LogP) is 4.08. The Labute approximate surface area is 119 Å². The smallest absolute Gasteiger partial charge is 0.0602 e. The molecule has 0 radical (unpaired) electrons. The first-order valence-electron chi connectivity index (χ1n) is 4.62. The lowest BCUT2D eigenvalue weighted by molar-refractivity contribution is 0.563. The summed E-state index contributed by atoms with van der Waals surface area (Å²) < 4.78 is 2.27. The fraction of sp³-hybridized carbons (Fsp3) is 0.200. The zero-order valence-electron chi connectivity index (χ0n) is 8.24. The van der Waals surface area contributed by atoms with E-state index in [9.17, 15) is 0 Å². The van der Waals surface area contributed by atoms with Crippen LogP contribution in [-0.2, 0) is 6.42 Å². The van der Waals surface area contributed by atoms with Crippen molar-refractivity contribution in [3.8, 4) is 0 Å². The standard InChI is InChI=1S/C10H10Br2N2S2/c11-6-3-10(16-5-6)8(14-13)4-9-7(12)1-2-15-9/h1-3,5,8,14H,4,13H2. The molecular weight excluding hydrogens is 372 g/mol. The van der Waals surface area contributed by atoms with Crippen LogP contribution >= 0.6 is 54.5 Å². The molecule has 0 aromatic carbocycles. The normalized spacial score (nSPS) is 12.9. The summed E-state index contributed by atoms with van der Waals surface area (Å²) in [5.74, 6) is 5.61. The van der Waals surface area contributed by atoms with Crippen molar-refractivity contribution in [3.63, 3.8) is 0 Å². The zero-order valence-corrected chi connectivity index (χ0v) is 13.0. The van der Waals surface area contributed by atoms with Gasteiger partial charge in [-0.1, -0.05) is 0 Å². The second kappa shape index (κ2) is 5.75. The van der Waals surface area contributed by atoms with Gasteiger partial charge in [0, 0.05) is 30.5 Å². The quantitative estimate of drug-likeness (QED) is 0.618. The highest BCUT2D eigenvalue weighted by Crippen LogP contribution is 2.31. The lowest BCUT2D eigenvalue weighted by Crippen LogP contribution is -2.28. The average molecular weight is 382 g/mol. The first-order valence-corrected chi connectivity index (χ1v) is 7.97. The molecule has 0 bridgehead atoms. The van der Waals surface area contributed by atoms with Gasteiger partial charge in [-0.25, -0.2) is 0 Å². The van der Waals surface area contributed by atoms with Gasteiger partial charge in [0.15, 0.2) is 0 Å². The summed E-state index contributed by atoms with van der Waals surface area (Å²) in [6, 6.07) is 4.35. The molecule has 2 aromatic rings. The van der Waals surface area contributed by atoms with Gasteiger partial charge in [-0.2, -0.15) is 0 Å². The minimum atomic E-state index is 0.172. The van der Waals surface area contributed by atoms with Crippen LogP contribution < -0.4 is 11.3 Å². The minimum Gasteiger partial charge on any atom is -0.271 e. The molecule has 6 heteroatoms. The number of nitrogens with one attached hydrogen (secondary N) is 1. The second-order valence-electron chi connectivity index (χ2n) is 3.28. The molecule has 0 saturated carbocycles. The van der Waals surface area contributed by atoms with Gasteiger partial charge < -0.3 is 0 Å². The van der Waals surface area contributed by atoms with Crippen molar-refractivity contribution in [1.29, 1.82) is 0 Å². The van der Waals surface area contributed by atoms with Crippen molar-refractivity contribution in [3.05, 3.63) is 41.6 Å². The molecule has 0 aliphatic carbocycles. The third kappa shape index (κ3) is 2.94. The van der Waals surface area contributed by atoms with Crippen molar-refractivity contribution in [2.45, 2.75) is 12.5 Å². The molecule has 2 aromatic heterocycles. The maximum absolute atomic E-state index is 5.61. The summed E-state index contributed by atoms with van der Waals surface area (Å²) in [6.45, 7) is 0. The monoisotopic (exact) mass is 380 g/mol. The van der Waals surface area contributed by atoms with Crippen LogP contribution in [0.25, 0.3) is 0 Å². The highest BCUT2D eigenvalue weighted by Gasteiger charge is 2.15. The number of hydrazine groups is 1. The highest BCUT2D eigenvalue weighted by molar-refractivity contribution is 9.10. The molecular formula is C10H10Br2N2S2. The van der Waals surface area contributed by atoms with E-state index in [-0.39, 0.29) is 6.04 Å². The number of nitrogens with two attached hydrogens (primary N) is 1. The molecule has 0 spiro atoms. The Morgan fingerprint density at radius 2 is 2.19 bits per heavy atom. The van der Waals surface area contributed by atoms with E-state index in [1.165, 1.54) is 9.75 Å². The van der Waals surface area contributed by atoms with Crippen LogP contribution in [0.15, 0.2) is 31.8 Å². The first kappa shape index (κ1) is 12.7. The SMILES string of the molecule is NNC(Cc1sccc1Br)c1cc(Br)cs1. The van der Waals surface area contributed by atoms with Crippen LogP contribution in [0.3, 0.4) is 0 Å². The van der Waals surface area contributed by atoms with E-state index in [1.807, 2.05) is 0 Å². The minimum absolute atomic E-state index is 0.172. The largest absolute Gasteiger partial charge is 0.271 e. The fourth-order valence-corrected chi connectivity index (χ4v) is 4.48. The number of hydrogen-bond donors (Lipinski definition) is 2. The van der Waals surface area contributed by atoms with Crippen molar-refractivity contribution in [2.24, 2.45) is 5.84 Å². The van der Waals surface area contributed by atoms with E-state index in [1.54, 1.807) is 22.7 Å². The molecule has 3 N–H and O–H groups in total.